The van der Waals surface area contributed by atoms with Crippen LogP contribution < -0.4 is 0 Å². The summed E-state index contributed by atoms with van der Waals surface area (Å²) in [4.78, 5) is 13.9. The molecule has 2 nitrogen and oxygen atoms in total. The first kappa shape index (κ1) is 12.4. The van der Waals surface area contributed by atoms with E-state index in [-0.39, 0.29) is 0 Å². The molecule has 2 heteroatoms. The van der Waals surface area contributed by atoms with E-state index >= 15 is 0 Å². The van der Waals surface area contributed by atoms with Crippen molar-refractivity contribution >= 4 is 5.78 Å². The molecule has 0 aromatic heterocycles. The van der Waals surface area contributed by atoms with Crippen LogP contribution in [0.2, 0.25) is 0 Å². The van der Waals surface area contributed by atoms with Crippen molar-refractivity contribution in [3.8, 4) is 0 Å². The molecule has 0 fully saturated rings. The van der Waals surface area contributed by atoms with E-state index in [0.717, 1.165) is 25.0 Å². The Morgan fingerprint density at radius 1 is 1.27 bits per heavy atom. The first-order chi connectivity index (χ1) is 7.20. The van der Waals surface area contributed by atoms with E-state index in [4.69, 9.17) is 0 Å². The Morgan fingerprint density at radius 3 is 2.73 bits per heavy atom. The van der Waals surface area contributed by atoms with Crippen LogP contribution in [0, 0.1) is 0 Å². The average Bonchev–Trinajstić information content (AvgIpc) is 2.13. The van der Waals surface area contributed by atoms with Gasteiger partial charge in [0, 0.05) is 13.0 Å². The molecule has 0 heterocycles. The summed E-state index contributed by atoms with van der Waals surface area (Å²) in [7, 11) is 4.03. The van der Waals surface area contributed by atoms with Gasteiger partial charge in [-0.05, 0) is 45.4 Å². The minimum atomic E-state index is 0.366. The van der Waals surface area contributed by atoms with Gasteiger partial charge in [0.25, 0.3) is 0 Å². The second kappa shape index (κ2) is 6.78. The second-order valence-corrected chi connectivity index (χ2v) is 4.66. The largest absolute Gasteiger partial charge is 0.309 e. The Morgan fingerprint density at radius 2 is 2.00 bits per heavy atom. The van der Waals surface area contributed by atoms with Crippen molar-refractivity contribution in [2.24, 2.45) is 0 Å². The zero-order valence-electron chi connectivity index (χ0n) is 10.1. The highest BCUT2D eigenvalue weighted by Crippen LogP contribution is 2.18. The SMILES string of the molecule is CN(C)CCC(=O)C1=CCCCCCC1. The normalized spacial score (nSPS) is 18.2. The van der Waals surface area contributed by atoms with Gasteiger partial charge >= 0.3 is 0 Å². The molecule has 0 aliphatic heterocycles. The molecule has 1 rings (SSSR count). The fraction of sp³-hybridized carbons (Fsp3) is 0.769. The molecule has 0 bridgehead atoms. The number of ketones is 1. The molecule has 1 aliphatic carbocycles. The Hall–Kier alpha value is -0.630. The van der Waals surface area contributed by atoms with E-state index < -0.39 is 0 Å². The summed E-state index contributed by atoms with van der Waals surface area (Å²) in [6, 6.07) is 0. The molecule has 0 spiro atoms. The molecule has 0 unspecified atom stereocenters. The van der Waals surface area contributed by atoms with Gasteiger partial charge in [0.05, 0.1) is 0 Å². The molecule has 0 aromatic rings. The summed E-state index contributed by atoms with van der Waals surface area (Å²) in [5.41, 5.74) is 1.09. The topological polar surface area (TPSA) is 20.3 Å². The van der Waals surface area contributed by atoms with Crippen molar-refractivity contribution in [1.82, 2.24) is 4.90 Å². The maximum atomic E-state index is 11.9. The molecule has 86 valence electrons. The van der Waals surface area contributed by atoms with Gasteiger partial charge in [-0.3, -0.25) is 4.79 Å². The number of hydrogen-bond donors (Lipinski definition) is 0. The van der Waals surface area contributed by atoms with Crippen LogP contribution in [-0.4, -0.2) is 31.3 Å². The number of hydrogen-bond acceptors (Lipinski definition) is 2. The van der Waals surface area contributed by atoms with Crippen molar-refractivity contribution in [3.05, 3.63) is 11.6 Å². The predicted octanol–water partition coefficient (Wildman–Crippen LogP) is 2.79. The van der Waals surface area contributed by atoms with Crippen LogP contribution in [0.25, 0.3) is 0 Å². The van der Waals surface area contributed by atoms with Crippen molar-refractivity contribution in [2.75, 3.05) is 20.6 Å². The third kappa shape index (κ3) is 5.12. The highest BCUT2D eigenvalue weighted by molar-refractivity contribution is 5.95. The lowest BCUT2D eigenvalue weighted by Crippen LogP contribution is -2.17. The van der Waals surface area contributed by atoms with Crippen LogP contribution in [0.3, 0.4) is 0 Å². The third-order valence-electron chi connectivity index (χ3n) is 2.94. The maximum Gasteiger partial charge on any atom is 0.159 e. The molecule has 0 atom stereocenters. The van der Waals surface area contributed by atoms with Gasteiger partial charge in [0.15, 0.2) is 5.78 Å². The summed E-state index contributed by atoms with van der Waals surface area (Å²) in [5, 5.41) is 0. The molecule has 0 saturated carbocycles. The Kier molecular flexibility index (Phi) is 5.62. The van der Waals surface area contributed by atoms with Gasteiger partial charge in [-0.1, -0.05) is 18.9 Å². The minimum absolute atomic E-state index is 0.366. The summed E-state index contributed by atoms with van der Waals surface area (Å²) < 4.78 is 0. The Bertz CT molecular complexity index is 231. The van der Waals surface area contributed by atoms with Crippen LogP contribution >= 0.6 is 0 Å². The van der Waals surface area contributed by atoms with Crippen molar-refractivity contribution < 1.29 is 4.79 Å². The lowest BCUT2D eigenvalue weighted by Gasteiger charge is -2.12. The van der Waals surface area contributed by atoms with Gasteiger partial charge in [-0.25, -0.2) is 0 Å². The number of carbonyl (C=O) groups is 1. The molecule has 15 heavy (non-hydrogen) atoms. The summed E-state index contributed by atoms with van der Waals surface area (Å²) in [6.07, 6.45) is 10.0. The fourth-order valence-corrected chi connectivity index (χ4v) is 1.93. The molecular weight excluding hydrogens is 186 g/mol. The first-order valence-corrected chi connectivity index (χ1v) is 6.07. The lowest BCUT2D eigenvalue weighted by atomic mass is 9.96. The maximum absolute atomic E-state index is 11.9. The number of Topliss-reactive ketones (excluding diaryl/α,β-unsaturated/α-hetero) is 1. The molecular formula is C13H23NO. The number of nitrogens with zero attached hydrogens (tertiary/aromatic N) is 1. The fourth-order valence-electron chi connectivity index (χ4n) is 1.93. The van der Waals surface area contributed by atoms with E-state index in [9.17, 15) is 4.79 Å². The Balaban J connectivity index is 2.41. The van der Waals surface area contributed by atoms with Crippen LogP contribution in [0.4, 0.5) is 0 Å². The monoisotopic (exact) mass is 209 g/mol. The molecule has 0 N–H and O–H groups in total. The molecule has 1 aliphatic rings. The van der Waals surface area contributed by atoms with E-state index in [2.05, 4.69) is 11.0 Å². The van der Waals surface area contributed by atoms with Crippen molar-refractivity contribution in [1.29, 1.82) is 0 Å². The molecule has 0 radical (unpaired) electrons. The highest BCUT2D eigenvalue weighted by Gasteiger charge is 2.10. The third-order valence-corrected chi connectivity index (χ3v) is 2.94. The quantitative estimate of drug-likeness (QED) is 0.709. The van der Waals surface area contributed by atoms with Crippen LogP contribution in [0.15, 0.2) is 11.6 Å². The number of carbonyl (C=O) groups excluding carboxylic acids is 1. The second-order valence-electron chi connectivity index (χ2n) is 4.66. The molecule has 0 aromatic carbocycles. The number of allylic oxidation sites excluding steroid dienone is 2. The first-order valence-electron chi connectivity index (χ1n) is 6.07. The van der Waals surface area contributed by atoms with Crippen LogP contribution in [0.1, 0.15) is 44.9 Å². The molecule has 0 saturated heterocycles. The van der Waals surface area contributed by atoms with E-state index in [1.807, 2.05) is 14.1 Å². The van der Waals surface area contributed by atoms with E-state index in [0.29, 0.717) is 12.2 Å². The zero-order chi connectivity index (χ0) is 11.1. The number of rotatable bonds is 4. The van der Waals surface area contributed by atoms with Gasteiger partial charge in [0.2, 0.25) is 0 Å². The van der Waals surface area contributed by atoms with Gasteiger partial charge in [0.1, 0.15) is 0 Å². The van der Waals surface area contributed by atoms with Gasteiger partial charge in [-0.15, -0.1) is 0 Å². The predicted molar refractivity (Wildman–Crippen MR) is 64.0 cm³/mol. The van der Waals surface area contributed by atoms with E-state index in [1.165, 1.54) is 25.7 Å². The minimum Gasteiger partial charge on any atom is -0.309 e. The van der Waals surface area contributed by atoms with Crippen molar-refractivity contribution in [2.45, 2.75) is 44.9 Å². The smallest absolute Gasteiger partial charge is 0.159 e. The lowest BCUT2D eigenvalue weighted by molar-refractivity contribution is -0.116. The van der Waals surface area contributed by atoms with Gasteiger partial charge in [-0.2, -0.15) is 0 Å². The highest BCUT2D eigenvalue weighted by atomic mass is 16.1. The summed E-state index contributed by atoms with van der Waals surface area (Å²) >= 11 is 0. The Labute approximate surface area is 93.3 Å². The summed E-state index contributed by atoms with van der Waals surface area (Å²) in [5.74, 6) is 0.366. The van der Waals surface area contributed by atoms with Crippen LogP contribution in [-0.2, 0) is 4.79 Å². The zero-order valence-corrected chi connectivity index (χ0v) is 10.1. The summed E-state index contributed by atoms with van der Waals surface area (Å²) in [6.45, 7) is 0.871. The van der Waals surface area contributed by atoms with E-state index in [1.54, 1.807) is 0 Å². The van der Waals surface area contributed by atoms with Crippen LogP contribution in [0.5, 0.6) is 0 Å². The van der Waals surface area contributed by atoms with Crippen molar-refractivity contribution in [3.63, 3.8) is 0 Å². The standard InChI is InChI=1S/C13H23NO/c1-14(2)11-10-13(15)12-8-6-4-3-5-7-9-12/h8H,3-7,9-11H2,1-2H3. The molecule has 0 amide bonds. The van der Waals surface area contributed by atoms with Gasteiger partial charge < -0.3 is 4.90 Å². The average molecular weight is 209 g/mol.